The number of amides is 2. The van der Waals surface area contributed by atoms with Crippen LogP contribution in [0.2, 0.25) is 0 Å². The number of imide groups is 1. The molecule has 0 bridgehead atoms. The van der Waals surface area contributed by atoms with E-state index >= 15 is 0 Å². The Bertz CT molecular complexity index is 925. The van der Waals surface area contributed by atoms with Crippen molar-refractivity contribution in [2.75, 3.05) is 6.54 Å². The van der Waals surface area contributed by atoms with Crippen molar-refractivity contribution in [2.45, 2.75) is 6.61 Å². The fourth-order valence-corrected chi connectivity index (χ4v) is 3.17. The number of rotatable bonds is 5. The van der Waals surface area contributed by atoms with Gasteiger partial charge in [-0.05, 0) is 41.1 Å². The van der Waals surface area contributed by atoms with Crippen LogP contribution in [0, 0.1) is 0 Å². The molecule has 1 saturated heterocycles. The van der Waals surface area contributed by atoms with E-state index < -0.39 is 23.7 Å². The van der Waals surface area contributed by atoms with Crippen LogP contribution in [0.3, 0.4) is 0 Å². The summed E-state index contributed by atoms with van der Waals surface area (Å²) in [5, 5.41) is 18.2. The summed E-state index contributed by atoms with van der Waals surface area (Å²) in [5.41, 5.74) is 1.23. The molecule has 0 aromatic heterocycles. The Labute approximate surface area is 158 Å². The second-order valence-electron chi connectivity index (χ2n) is 5.66. The summed E-state index contributed by atoms with van der Waals surface area (Å²) in [6.45, 7) is -0.422. The zero-order chi connectivity index (χ0) is 19.4. The zero-order valence-corrected chi connectivity index (χ0v) is 14.8. The van der Waals surface area contributed by atoms with Gasteiger partial charge in [0.1, 0.15) is 13.2 Å². The molecule has 3 rings (SSSR count). The first kappa shape index (κ1) is 18.5. The molecule has 0 unspecified atom stereocenters. The molecule has 0 aliphatic carbocycles. The van der Waals surface area contributed by atoms with Crippen molar-refractivity contribution in [3.05, 3.63) is 64.6 Å². The van der Waals surface area contributed by atoms with Crippen LogP contribution in [0.4, 0.5) is 4.79 Å². The smallest absolute Gasteiger partial charge is 0.326 e. The lowest BCUT2D eigenvalue weighted by Gasteiger charge is -2.11. The molecular weight excluding hydrogens is 370 g/mol. The zero-order valence-electron chi connectivity index (χ0n) is 14.0. The molecule has 7 nitrogen and oxygen atoms in total. The fourth-order valence-electron chi connectivity index (χ4n) is 2.33. The highest BCUT2D eigenvalue weighted by atomic mass is 32.2. The van der Waals surface area contributed by atoms with Gasteiger partial charge in [-0.15, -0.1) is 0 Å². The summed E-state index contributed by atoms with van der Waals surface area (Å²) in [7, 11) is 0. The molecule has 8 heteroatoms. The maximum Gasteiger partial charge on any atom is 0.326 e. The second-order valence-corrected chi connectivity index (χ2v) is 6.66. The number of phenolic OH excluding ortho intramolecular Hbond substituents is 2. The van der Waals surface area contributed by atoms with Crippen molar-refractivity contribution in [3.8, 4) is 11.5 Å². The van der Waals surface area contributed by atoms with Crippen LogP contribution < -0.4 is 0 Å². The molecule has 1 heterocycles. The van der Waals surface area contributed by atoms with E-state index in [4.69, 9.17) is 4.74 Å². The number of ether oxygens (including phenoxy) is 1. The van der Waals surface area contributed by atoms with Gasteiger partial charge >= 0.3 is 5.97 Å². The Morgan fingerprint density at radius 3 is 2.52 bits per heavy atom. The van der Waals surface area contributed by atoms with Crippen molar-refractivity contribution >= 4 is 35.0 Å². The van der Waals surface area contributed by atoms with E-state index in [1.165, 1.54) is 24.3 Å². The monoisotopic (exact) mass is 385 g/mol. The first-order valence-corrected chi connectivity index (χ1v) is 8.72. The maximum atomic E-state index is 12.4. The van der Waals surface area contributed by atoms with Gasteiger partial charge in [-0.2, -0.15) is 0 Å². The second kappa shape index (κ2) is 7.96. The average Bonchev–Trinajstić information content (AvgIpc) is 2.91. The van der Waals surface area contributed by atoms with Crippen LogP contribution in [-0.2, 0) is 20.9 Å². The molecule has 27 heavy (non-hydrogen) atoms. The van der Waals surface area contributed by atoms with Crippen molar-refractivity contribution in [1.29, 1.82) is 0 Å². The van der Waals surface area contributed by atoms with Crippen LogP contribution >= 0.6 is 11.8 Å². The maximum absolute atomic E-state index is 12.4. The molecule has 138 valence electrons. The number of nitrogens with zero attached hydrogens (tertiary/aromatic N) is 1. The predicted octanol–water partition coefficient (Wildman–Crippen LogP) is 2.88. The standard InChI is InChI=1S/C19H15NO6S/c21-14-7-6-13(8-15(14)22)9-16-18(24)20(19(25)27-16)10-17(23)26-11-12-4-2-1-3-5-12/h1-9,21-22H,10-11H2/b16-9-. The molecule has 1 aliphatic heterocycles. The lowest BCUT2D eigenvalue weighted by atomic mass is 10.2. The van der Waals surface area contributed by atoms with Gasteiger partial charge in [0.05, 0.1) is 4.91 Å². The molecule has 0 atom stereocenters. The van der Waals surface area contributed by atoms with Crippen LogP contribution in [0.5, 0.6) is 11.5 Å². The molecule has 1 fully saturated rings. The highest BCUT2D eigenvalue weighted by Gasteiger charge is 2.36. The van der Waals surface area contributed by atoms with Gasteiger partial charge < -0.3 is 14.9 Å². The molecule has 2 amide bonds. The minimum absolute atomic E-state index is 0.0541. The number of benzene rings is 2. The van der Waals surface area contributed by atoms with E-state index in [1.807, 2.05) is 18.2 Å². The van der Waals surface area contributed by atoms with E-state index in [0.717, 1.165) is 10.5 Å². The molecule has 1 aliphatic rings. The van der Waals surface area contributed by atoms with Crippen LogP contribution in [0.15, 0.2) is 53.4 Å². The molecule has 2 aromatic carbocycles. The van der Waals surface area contributed by atoms with E-state index in [1.54, 1.807) is 12.1 Å². The molecule has 2 N–H and O–H groups in total. The summed E-state index contributed by atoms with van der Waals surface area (Å²) < 4.78 is 5.09. The Hall–Kier alpha value is -3.26. The third kappa shape index (κ3) is 4.48. The Balaban J connectivity index is 1.64. The number of thioether (sulfide) groups is 1. The molecule has 2 aromatic rings. The fraction of sp³-hybridized carbons (Fsp3) is 0.105. The number of hydrogen-bond acceptors (Lipinski definition) is 7. The predicted molar refractivity (Wildman–Crippen MR) is 98.7 cm³/mol. The molecular formula is C19H15NO6S. The third-order valence-electron chi connectivity index (χ3n) is 3.70. The number of aromatic hydroxyl groups is 2. The van der Waals surface area contributed by atoms with E-state index in [9.17, 15) is 24.6 Å². The quantitative estimate of drug-likeness (QED) is 0.463. The Morgan fingerprint density at radius 2 is 1.81 bits per heavy atom. The minimum atomic E-state index is -0.690. The lowest BCUT2D eigenvalue weighted by molar-refractivity contribution is -0.147. The van der Waals surface area contributed by atoms with Gasteiger partial charge in [0.15, 0.2) is 11.5 Å². The van der Waals surface area contributed by atoms with Crippen molar-refractivity contribution in [3.63, 3.8) is 0 Å². The van der Waals surface area contributed by atoms with Crippen molar-refractivity contribution in [1.82, 2.24) is 4.90 Å². The highest BCUT2D eigenvalue weighted by molar-refractivity contribution is 8.18. The average molecular weight is 385 g/mol. The van der Waals surface area contributed by atoms with E-state index in [2.05, 4.69) is 0 Å². The van der Waals surface area contributed by atoms with Crippen molar-refractivity contribution in [2.24, 2.45) is 0 Å². The van der Waals surface area contributed by atoms with Gasteiger partial charge in [0.25, 0.3) is 11.1 Å². The molecule has 0 saturated carbocycles. The minimum Gasteiger partial charge on any atom is -0.504 e. The van der Waals surface area contributed by atoms with Crippen LogP contribution in [0.1, 0.15) is 11.1 Å². The summed E-state index contributed by atoms with van der Waals surface area (Å²) in [5.74, 6) is -1.94. The summed E-state index contributed by atoms with van der Waals surface area (Å²) >= 11 is 0.690. The number of esters is 1. The molecule has 0 spiro atoms. The lowest BCUT2D eigenvalue weighted by Crippen LogP contribution is -2.34. The summed E-state index contributed by atoms with van der Waals surface area (Å²) in [6, 6.07) is 13.1. The number of carbonyl (C=O) groups excluding carboxylic acids is 3. The van der Waals surface area contributed by atoms with E-state index in [-0.39, 0.29) is 23.0 Å². The summed E-state index contributed by atoms with van der Waals surface area (Å²) in [4.78, 5) is 37.3. The number of phenols is 2. The first-order valence-electron chi connectivity index (χ1n) is 7.91. The van der Waals surface area contributed by atoms with Gasteiger partial charge in [0, 0.05) is 0 Å². The number of hydrogen-bond donors (Lipinski definition) is 2. The van der Waals surface area contributed by atoms with Gasteiger partial charge in [-0.1, -0.05) is 36.4 Å². The first-order chi connectivity index (χ1) is 12.9. The van der Waals surface area contributed by atoms with Gasteiger partial charge in [0.2, 0.25) is 0 Å². The third-order valence-corrected chi connectivity index (χ3v) is 4.61. The van der Waals surface area contributed by atoms with Gasteiger partial charge in [-0.3, -0.25) is 19.3 Å². The van der Waals surface area contributed by atoms with Crippen LogP contribution in [-0.4, -0.2) is 38.8 Å². The SMILES string of the molecule is O=C(CN1C(=O)S/C(=C\c2ccc(O)c(O)c2)C1=O)OCc1ccccc1. The van der Waals surface area contributed by atoms with Gasteiger partial charge in [-0.25, -0.2) is 0 Å². The van der Waals surface area contributed by atoms with Crippen LogP contribution in [0.25, 0.3) is 6.08 Å². The normalized spacial score (nSPS) is 15.4. The summed E-state index contributed by atoms with van der Waals surface area (Å²) in [6.07, 6.45) is 1.40. The number of carbonyl (C=O) groups is 3. The van der Waals surface area contributed by atoms with Crippen molar-refractivity contribution < 1.29 is 29.3 Å². The Morgan fingerprint density at radius 1 is 1.07 bits per heavy atom. The van der Waals surface area contributed by atoms with E-state index in [0.29, 0.717) is 17.3 Å². The topological polar surface area (TPSA) is 104 Å². The largest absolute Gasteiger partial charge is 0.504 e. The Kier molecular flexibility index (Phi) is 5.46. The highest BCUT2D eigenvalue weighted by Crippen LogP contribution is 2.33. The molecule has 0 radical (unpaired) electrons.